The SMILES string of the molecule is COC(=O)c1c2c3ccc(Cl)c(c3n1C)-c1c(nn(C)c1C)CN(C)Cc1cc(n(C)n1)CSc1cc3c(c(c1)OCCC2)CCCC3. The minimum absolute atomic E-state index is 0.363. The first-order chi connectivity index (χ1) is 23.1. The van der Waals surface area contributed by atoms with E-state index in [2.05, 4.69) is 37.1 Å². The summed E-state index contributed by atoms with van der Waals surface area (Å²) in [6.07, 6.45) is 5.92. The van der Waals surface area contributed by atoms with Gasteiger partial charge in [-0.1, -0.05) is 17.7 Å². The third kappa shape index (κ3) is 5.92. The van der Waals surface area contributed by atoms with Crippen LogP contribution in [0.15, 0.2) is 35.2 Å². The topological polar surface area (TPSA) is 79.3 Å². The second-order valence-corrected chi connectivity index (χ2v) is 14.6. The maximum absolute atomic E-state index is 13.4. The lowest BCUT2D eigenvalue weighted by Gasteiger charge is -2.21. The number of hydrogen-bond donors (Lipinski definition) is 0. The van der Waals surface area contributed by atoms with Crippen molar-refractivity contribution in [3.8, 4) is 16.9 Å². The molecule has 0 saturated carbocycles. The monoisotopic (exact) mass is 686 g/mol. The van der Waals surface area contributed by atoms with Gasteiger partial charge in [0.1, 0.15) is 11.4 Å². The van der Waals surface area contributed by atoms with E-state index in [9.17, 15) is 4.79 Å². The highest BCUT2D eigenvalue weighted by molar-refractivity contribution is 7.98. The molecule has 1 aliphatic heterocycles. The molecule has 3 aromatic heterocycles. The number of carbonyl (C=O) groups excluding carboxylic acids is 1. The van der Waals surface area contributed by atoms with Crippen molar-refractivity contribution in [3.63, 3.8) is 0 Å². The molecule has 5 aromatic rings. The number of carbonyl (C=O) groups is 1. The van der Waals surface area contributed by atoms with Crippen molar-refractivity contribution < 1.29 is 14.3 Å². The number of fused-ring (bicyclic) bond motifs is 8. The van der Waals surface area contributed by atoms with Crippen molar-refractivity contribution in [2.75, 3.05) is 20.8 Å². The molecule has 0 radical (unpaired) electrons. The van der Waals surface area contributed by atoms with Crippen LogP contribution >= 0.6 is 23.4 Å². The Bertz CT molecular complexity index is 2040. The van der Waals surface area contributed by atoms with E-state index < -0.39 is 0 Å². The van der Waals surface area contributed by atoms with Gasteiger partial charge >= 0.3 is 5.97 Å². The summed E-state index contributed by atoms with van der Waals surface area (Å²) in [6.45, 7) is 3.88. The van der Waals surface area contributed by atoms with Crippen LogP contribution in [0, 0.1) is 6.92 Å². The van der Waals surface area contributed by atoms with Crippen LogP contribution in [0.2, 0.25) is 5.02 Å². The maximum Gasteiger partial charge on any atom is 0.354 e. The first kappa shape index (κ1) is 32.8. The average Bonchev–Trinajstić information content (AvgIpc) is 3.66. The number of benzene rings is 2. The summed E-state index contributed by atoms with van der Waals surface area (Å²) in [4.78, 5) is 16.8. The van der Waals surface area contributed by atoms with Crippen LogP contribution in [0.5, 0.6) is 5.75 Å². The van der Waals surface area contributed by atoms with E-state index in [0.29, 0.717) is 36.8 Å². The third-order valence-corrected chi connectivity index (χ3v) is 11.3. The van der Waals surface area contributed by atoms with Gasteiger partial charge in [-0.3, -0.25) is 14.3 Å². The third-order valence-electron chi connectivity index (χ3n) is 9.94. The number of aryl methyl sites for hydroxylation is 5. The molecule has 0 N–H and O–H groups in total. The summed E-state index contributed by atoms with van der Waals surface area (Å²) in [5.74, 6) is 1.45. The van der Waals surface area contributed by atoms with Crippen molar-refractivity contribution >= 4 is 40.2 Å². The van der Waals surface area contributed by atoms with E-state index in [-0.39, 0.29) is 5.97 Å². The van der Waals surface area contributed by atoms with Gasteiger partial charge < -0.3 is 14.0 Å². The number of aromatic nitrogens is 5. The number of ether oxygens (including phenoxy) is 2. The highest BCUT2D eigenvalue weighted by Gasteiger charge is 2.28. The van der Waals surface area contributed by atoms with Crippen LogP contribution in [0.1, 0.15) is 69.2 Å². The van der Waals surface area contributed by atoms with Gasteiger partial charge in [0.2, 0.25) is 0 Å². The molecule has 0 spiro atoms. The van der Waals surface area contributed by atoms with E-state index in [0.717, 1.165) is 75.4 Å². The average molecular weight is 687 g/mol. The van der Waals surface area contributed by atoms with Gasteiger partial charge in [0, 0.05) is 72.8 Å². The molecule has 2 aromatic carbocycles. The second-order valence-electron chi connectivity index (χ2n) is 13.2. The number of rotatable bonds is 1. The van der Waals surface area contributed by atoms with Crippen LogP contribution < -0.4 is 4.74 Å². The van der Waals surface area contributed by atoms with E-state index in [1.165, 1.54) is 41.7 Å². The van der Waals surface area contributed by atoms with Crippen molar-refractivity contribution in [2.24, 2.45) is 21.1 Å². The Balaban J connectivity index is 1.37. The molecule has 252 valence electrons. The molecule has 7 rings (SSSR count). The standard InChI is InChI=1S/C37H43ClN6O3S/c1-22-33-31(40-43(22)4)20-41(2)19-24-17-25(44(5)39-24)21-48-26-16-23-10-7-8-11-27(23)32(18-26)47-15-9-12-28-29-13-14-30(38)34(33)35(29)42(3)36(28)37(45)46-6/h13-14,16-18H,7-12,15,19-21H2,1-6H3. The fourth-order valence-corrected chi connectivity index (χ4v) is 8.78. The number of methoxy groups -OCH3 is 1. The van der Waals surface area contributed by atoms with Gasteiger partial charge in [0.15, 0.2) is 0 Å². The minimum Gasteiger partial charge on any atom is -0.493 e. The van der Waals surface area contributed by atoms with Crippen LogP contribution in [-0.4, -0.2) is 55.8 Å². The molecule has 0 amide bonds. The first-order valence-electron chi connectivity index (χ1n) is 16.7. The Morgan fingerprint density at radius 1 is 0.938 bits per heavy atom. The zero-order chi connectivity index (χ0) is 33.7. The van der Waals surface area contributed by atoms with Gasteiger partial charge in [0.05, 0.1) is 35.6 Å². The minimum atomic E-state index is -0.363. The molecule has 11 heteroatoms. The van der Waals surface area contributed by atoms with Gasteiger partial charge in [-0.15, -0.1) is 11.8 Å². The number of thioether (sulfide) groups is 1. The fraction of sp³-hybridized carbons (Fsp3) is 0.432. The highest BCUT2D eigenvalue weighted by atomic mass is 35.5. The largest absolute Gasteiger partial charge is 0.493 e. The van der Waals surface area contributed by atoms with E-state index in [4.69, 9.17) is 31.3 Å². The normalized spacial score (nSPS) is 15.9. The Hall–Kier alpha value is -3.73. The zero-order valence-electron chi connectivity index (χ0n) is 28.7. The predicted molar refractivity (Wildman–Crippen MR) is 191 cm³/mol. The van der Waals surface area contributed by atoms with Gasteiger partial charge in [-0.2, -0.15) is 10.2 Å². The molecule has 0 fully saturated rings. The summed E-state index contributed by atoms with van der Waals surface area (Å²) >= 11 is 8.92. The van der Waals surface area contributed by atoms with E-state index in [1.54, 1.807) is 0 Å². The summed E-state index contributed by atoms with van der Waals surface area (Å²) in [7, 11) is 9.45. The molecule has 1 aliphatic carbocycles. The molecule has 4 heterocycles. The predicted octanol–water partition coefficient (Wildman–Crippen LogP) is 7.19. The Morgan fingerprint density at radius 3 is 2.54 bits per heavy atom. The molecule has 2 aliphatic rings. The quantitative estimate of drug-likeness (QED) is 0.173. The second kappa shape index (κ2) is 13.3. The summed E-state index contributed by atoms with van der Waals surface area (Å²) in [5.41, 5.74) is 11.1. The van der Waals surface area contributed by atoms with Gasteiger partial charge in [-0.05, 0) is 93.5 Å². The molecular formula is C37H43ClN6O3S. The van der Waals surface area contributed by atoms with Crippen molar-refractivity contribution in [2.45, 2.75) is 69.2 Å². The summed E-state index contributed by atoms with van der Waals surface area (Å²) in [5, 5.41) is 11.5. The highest BCUT2D eigenvalue weighted by Crippen LogP contribution is 2.42. The molecular weight excluding hydrogens is 644 g/mol. The Kier molecular flexibility index (Phi) is 9.08. The number of esters is 1. The number of nitrogens with zero attached hydrogens (tertiary/aromatic N) is 6. The summed E-state index contributed by atoms with van der Waals surface area (Å²) < 4.78 is 17.8. The van der Waals surface area contributed by atoms with Crippen LogP contribution in [0.3, 0.4) is 0 Å². The molecule has 0 saturated heterocycles. The van der Waals surface area contributed by atoms with Crippen LogP contribution in [0.4, 0.5) is 0 Å². The van der Waals surface area contributed by atoms with E-state index >= 15 is 0 Å². The van der Waals surface area contributed by atoms with E-state index in [1.807, 2.05) is 59.0 Å². The lowest BCUT2D eigenvalue weighted by Crippen LogP contribution is -2.18. The molecule has 0 atom stereocenters. The Morgan fingerprint density at radius 2 is 1.73 bits per heavy atom. The zero-order valence-corrected chi connectivity index (χ0v) is 30.2. The smallest absolute Gasteiger partial charge is 0.354 e. The number of halogens is 1. The van der Waals surface area contributed by atoms with Crippen molar-refractivity contribution in [3.05, 3.63) is 80.5 Å². The van der Waals surface area contributed by atoms with Gasteiger partial charge in [0.25, 0.3) is 0 Å². The summed E-state index contributed by atoms with van der Waals surface area (Å²) in [6, 6.07) is 10.8. The van der Waals surface area contributed by atoms with Crippen molar-refractivity contribution in [1.82, 2.24) is 29.0 Å². The molecule has 9 nitrogen and oxygen atoms in total. The molecule has 48 heavy (non-hydrogen) atoms. The fourth-order valence-electron chi connectivity index (χ4n) is 7.53. The Labute approximate surface area is 291 Å². The number of hydrogen-bond acceptors (Lipinski definition) is 7. The van der Waals surface area contributed by atoms with Gasteiger partial charge in [-0.25, -0.2) is 4.79 Å². The lowest BCUT2D eigenvalue weighted by molar-refractivity contribution is 0.0589. The maximum atomic E-state index is 13.4. The van der Waals surface area contributed by atoms with Crippen LogP contribution in [-0.2, 0) is 64.0 Å². The lowest BCUT2D eigenvalue weighted by atomic mass is 9.91. The van der Waals surface area contributed by atoms with Crippen molar-refractivity contribution in [1.29, 1.82) is 0 Å². The van der Waals surface area contributed by atoms with Crippen LogP contribution in [0.25, 0.3) is 22.0 Å². The molecule has 8 bridgehead atoms. The molecule has 0 unspecified atom stereocenters. The first-order valence-corrected chi connectivity index (χ1v) is 18.0.